The summed E-state index contributed by atoms with van der Waals surface area (Å²) in [6.07, 6.45) is 0. The Bertz CT molecular complexity index is 3660. The van der Waals surface area contributed by atoms with Crippen LogP contribution in [0.5, 0.6) is 0 Å². The van der Waals surface area contributed by atoms with E-state index in [1.54, 1.807) is 0 Å². The summed E-state index contributed by atoms with van der Waals surface area (Å²) in [6, 6.07) is 74.7. The minimum absolute atomic E-state index is 0.545. The van der Waals surface area contributed by atoms with Gasteiger partial charge in [-0.3, -0.25) is 0 Å². The first-order valence-corrected chi connectivity index (χ1v) is 20.6. The average molecular weight is 778 g/mol. The van der Waals surface area contributed by atoms with E-state index in [0.29, 0.717) is 17.5 Å². The van der Waals surface area contributed by atoms with Crippen LogP contribution in [0.1, 0.15) is 0 Å². The molecule has 0 unspecified atom stereocenters. The number of hydrogen-bond donors (Lipinski definition) is 0. The molecule has 0 radical (unpaired) electrons. The van der Waals surface area contributed by atoms with Crippen molar-refractivity contribution in [3.05, 3.63) is 212 Å². The van der Waals surface area contributed by atoms with Crippen LogP contribution < -0.4 is 0 Å². The minimum Gasteiger partial charge on any atom is -0.455 e. The summed E-state index contributed by atoms with van der Waals surface area (Å²) in [5, 5.41) is 9.29. The summed E-state index contributed by atoms with van der Waals surface area (Å²) in [5.41, 5.74) is 10.9. The maximum absolute atomic E-state index is 6.58. The van der Waals surface area contributed by atoms with Crippen molar-refractivity contribution >= 4 is 54.3 Å². The van der Waals surface area contributed by atoms with Crippen molar-refractivity contribution in [3.63, 3.8) is 0 Å². The van der Waals surface area contributed by atoms with Gasteiger partial charge in [0.15, 0.2) is 17.5 Å². The van der Waals surface area contributed by atoms with Gasteiger partial charge in [0, 0.05) is 21.9 Å². The standard InChI is InChI=1S/C57H35N3O/c1-2-15-36(16-3-1)43-27-11-18-38-19-13-29-47(53(38)43)45-24-6-7-26-49(45)56-58-55(59-57(60-56)50-31-14-30-48-46-25-8-9-32-51(46)61-54(48)50)41-22-10-21-40(35-41)44-28-12-20-39-34-33-37-17-4-5-23-42(37)52(39)44/h1-35H. The van der Waals surface area contributed by atoms with E-state index in [1.807, 2.05) is 24.3 Å². The molecule has 10 aromatic carbocycles. The van der Waals surface area contributed by atoms with Gasteiger partial charge in [0.2, 0.25) is 0 Å². The normalized spacial score (nSPS) is 11.6. The largest absolute Gasteiger partial charge is 0.455 e. The van der Waals surface area contributed by atoms with E-state index < -0.39 is 0 Å². The molecule has 4 heteroatoms. The second kappa shape index (κ2) is 14.3. The Hall–Kier alpha value is -8.21. The quantitative estimate of drug-likeness (QED) is 0.158. The van der Waals surface area contributed by atoms with Crippen LogP contribution >= 0.6 is 0 Å². The van der Waals surface area contributed by atoms with Crippen LogP contribution in [0.15, 0.2) is 217 Å². The molecule has 0 atom stereocenters. The third-order valence-electron chi connectivity index (χ3n) is 11.9. The Balaban J connectivity index is 1.10. The molecular weight excluding hydrogens is 743 g/mol. The number of rotatable bonds is 6. The highest BCUT2D eigenvalue weighted by molar-refractivity contribution is 6.15. The van der Waals surface area contributed by atoms with Crippen molar-refractivity contribution in [2.45, 2.75) is 0 Å². The second-order valence-corrected chi connectivity index (χ2v) is 15.5. The number of hydrogen-bond acceptors (Lipinski definition) is 4. The monoisotopic (exact) mass is 777 g/mol. The van der Waals surface area contributed by atoms with E-state index in [9.17, 15) is 0 Å². The molecule has 0 fully saturated rings. The summed E-state index contributed by atoms with van der Waals surface area (Å²) in [6.45, 7) is 0. The van der Waals surface area contributed by atoms with Crippen molar-refractivity contribution < 1.29 is 4.42 Å². The third kappa shape index (κ3) is 5.88. The molecule has 0 aliphatic heterocycles. The number of aromatic nitrogens is 3. The SMILES string of the molecule is c1ccc(-c2cccc3cccc(-c4ccccc4-c4nc(-c5cccc(-c6cccc7ccc8ccccc8c67)c5)nc(-c5cccc6c5oc5ccccc56)n4)c23)cc1. The van der Waals surface area contributed by atoms with Gasteiger partial charge >= 0.3 is 0 Å². The predicted molar refractivity (Wildman–Crippen MR) is 252 cm³/mol. The summed E-state index contributed by atoms with van der Waals surface area (Å²) < 4.78 is 6.58. The Kier molecular flexibility index (Phi) is 8.13. The molecule has 0 aliphatic carbocycles. The van der Waals surface area contributed by atoms with Gasteiger partial charge in [0.05, 0.1) is 5.56 Å². The van der Waals surface area contributed by atoms with Crippen LogP contribution in [0.25, 0.3) is 122 Å². The van der Waals surface area contributed by atoms with Gasteiger partial charge in [0.25, 0.3) is 0 Å². The fourth-order valence-electron chi connectivity index (χ4n) is 9.13. The van der Waals surface area contributed by atoms with Gasteiger partial charge in [-0.05, 0) is 83.9 Å². The van der Waals surface area contributed by atoms with Crippen LogP contribution in [0.3, 0.4) is 0 Å². The molecule has 2 heterocycles. The zero-order chi connectivity index (χ0) is 40.3. The zero-order valence-electron chi connectivity index (χ0n) is 33.0. The molecule has 61 heavy (non-hydrogen) atoms. The molecule has 0 saturated heterocycles. The van der Waals surface area contributed by atoms with E-state index in [4.69, 9.17) is 19.4 Å². The van der Waals surface area contributed by atoms with E-state index in [0.717, 1.165) is 60.9 Å². The maximum atomic E-state index is 6.58. The van der Waals surface area contributed by atoms with Crippen LogP contribution in [-0.2, 0) is 0 Å². The van der Waals surface area contributed by atoms with Crippen molar-refractivity contribution in [1.82, 2.24) is 15.0 Å². The lowest BCUT2D eigenvalue weighted by atomic mass is 9.89. The molecular formula is C57H35N3O. The molecule has 2 aromatic heterocycles. The molecule has 0 amide bonds. The van der Waals surface area contributed by atoms with Crippen molar-refractivity contribution in [3.8, 4) is 67.5 Å². The number of fused-ring (bicyclic) bond motifs is 7. The Morgan fingerprint density at radius 3 is 1.62 bits per heavy atom. The topological polar surface area (TPSA) is 51.8 Å². The Labute approximate surface area is 352 Å². The van der Waals surface area contributed by atoms with Crippen LogP contribution in [-0.4, -0.2) is 15.0 Å². The Morgan fingerprint density at radius 2 is 0.787 bits per heavy atom. The van der Waals surface area contributed by atoms with Crippen LogP contribution in [0, 0.1) is 0 Å². The molecule has 0 N–H and O–H groups in total. The fourth-order valence-corrected chi connectivity index (χ4v) is 9.13. The lowest BCUT2D eigenvalue weighted by molar-refractivity contribution is 0.669. The van der Waals surface area contributed by atoms with Crippen molar-refractivity contribution in [2.24, 2.45) is 0 Å². The predicted octanol–water partition coefficient (Wildman–Crippen LogP) is 15.2. The summed E-state index contributed by atoms with van der Waals surface area (Å²) in [4.78, 5) is 16.0. The Morgan fingerprint density at radius 1 is 0.279 bits per heavy atom. The average Bonchev–Trinajstić information content (AvgIpc) is 3.73. The fraction of sp³-hybridized carbons (Fsp3) is 0. The number of furan rings is 1. The first-order valence-electron chi connectivity index (χ1n) is 20.6. The molecule has 12 rings (SSSR count). The van der Waals surface area contributed by atoms with Gasteiger partial charge in [-0.15, -0.1) is 0 Å². The highest BCUT2D eigenvalue weighted by Crippen LogP contribution is 2.42. The molecule has 12 aromatic rings. The maximum Gasteiger partial charge on any atom is 0.167 e. The van der Waals surface area contributed by atoms with E-state index in [2.05, 4.69) is 188 Å². The molecule has 4 nitrogen and oxygen atoms in total. The van der Waals surface area contributed by atoms with Crippen LogP contribution in [0.2, 0.25) is 0 Å². The first-order chi connectivity index (χ1) is 30.2. The minimum atomic E-state index is 0.545. The van der Waals surface area contributed by atoms with E-state index >= 15 is 0 Å². The van der Waals surface area contributed by atoms with E-state index in [-0.39, 0.29) is 0 Å². The first kappa shape index (κ1) is 34.8. The highest BCUT2D eigenvalue weighted by Gasteiger charge is 2.21. The van der Waals surface area contributed by atoms with Gasteiger partial charge in [-0.2, -0.15) is 0 Å². The molecule has 0 bridgehead atoms. The summed E-state index contributed by atoms with van der Waals surface area (Å²) in [5.74, 6) is 1.71. The summed E-state index contributed by atoms with van der Waals surface area (Å²) in [7, 11) is 0. The second-order valence-electron chi connectivity index (χ2n) is 15.5. The lowest BCUT2D eigenvalue weighted by Gasteiger charge is -2.16. The number of benzene rings is 10. The van der Waals surface area contributed by atoms with Gasteiger partial charge in [-0.1, -0.05) is 194 Å². The number of para-hydroxylation sites is 2. The third-order valence-corrected chi connectivity index (χ3v) is 11.9. The van der Waals surface area contributed by atoms with Gasteiger partial charge in [0.1, 0.15) is 11.2 Å². The summed E-state index contributed by atoms with van der Waals surface area (Å²) >= 11 is 0. The highest BCUT2D eigenvalue weighted by atomic mass is 16.3. The smallest absolute Gasteiger partial charge is 0.167 e. The molecule has 0 saturated carbocycles. The molecule has 284 valence electrons. The zero-order valence-corrected chi connectivity index (χ0v) is 33.0. The molecule has 0 aliphatic rings. The van der Waals surface area contributed by atoms with Crippen molar-refractivity contribution in [2.75, 3.05) is 0 Å². The number of nitrogens with zero attached hydrogens (tertiary/aromatic N) is 3. The van der Waals surface area contributed by atoms with Crippen LogP contribution in [0.4, 0.5) is 0 Å². The van der Waals surface area contributed by atoms with Gasteiger partial charge in [-0.25, -0.2) is 15.0 Å². The molecule has 0 spiro atoms. The lowest BCUT2D eigenvalue weighted by Crippen LogP contribution is -2.01. The van der Waals surface area contributed by atoms with Crippen molar-refractivity contribution in [1.29, 1.82) is 0 Å². The van der Waals surface area contributed by atoms with E-state index in [1.165, 1.54) is 43.4 Å². The van der Waals surface area contributed by atoms with Gasteiger partial charge < -0.3 is 4.42 Å².